The van der Waals surface area contributed by atoms with Gasteiger partial charge in [-0.1, -0.05) is 6.07 Å². The predicted molar refractivity (Wildman–Crippen MR) is 61.0 cm³/mol. The zero-order valence-corrected chi connectivity index (χ0v) is 9.10. The number of carbonyl (C=O) groups is 1. The fraction of sp³-hybridized carbons (Fsp3) is 0.273. The number of amides is 1. The molecule has 2 rings (SSSR count). The fourth-order valence-electron chi connectivity index (χ4n) is 1.51. The number of fused-ring (bicyclic) bond motifs is 1. The Kier molecular flexibility index (Phi) is 3.16. The van der Waals surface area contributed by atoms with Crippen LogP contribution < -0.4 is 10.6 Å². The Balaban J connectivity index is 2.02. The summed E-state index contributed by atoms with van der Waals surface area (Å²) in [5, 5.41) is 5.62. The van der Waals surface area contributed by atoms with Crippen LogP contribution in [0.3, 0.4) is 0 Å². The Morgan fingerprint density at radius 1 is 1.50 bits per heavy atom. The molecule has 16 heavy (non-hydrogen) atoms. The van der Waals surface area contributed by atoms with E-state index in [1.807, 2.05) is 35.0 Å². The molecular weight excluding hydrogens is 204 g/mol. The highest BCUT2D eigenvalue weighted by Gasteiger charge is 2.02. The van der Waals surface area contributed by atoms with Gasteiger partial charge in [0.15, 0.2) is 0 Å². The molecule has 84 valence electrons. The summed E-state index contributed by atoms with van der Waals surface area (Å²) in [6.07, 6.45) is 3.77. The molecule has 5 nitrogen and oxygen atoms in total. The summed E-state index contributed by atoms with van der Waals surface area (Å²) in [6, 6.07) is 5.85. The molecule has 0 radical (unpaired) electrons. The van der Waals surface area contributed by atoms with E-state index in [0.29, 0.717) is 13.1 Å². The van der Waals surface area contributed by atoms with Crippen molar-refractivity contribution in [1.29, 1.82) is 0 Å². The molecule has 2 aromatic heterocycles. The quantitative estimate of drug-likeness (QED) is 0.769. The van der Waals surface area contributed by atoms with E-state index in [9.17, 15) is 4.79 Å². The summed E-state index contributed by atoms with van der Waals surface area (Å²) in [7, 11) is 1.62. The first kappa shape index (κ1) is 10.6. The van der Waals surface area contributed by atoms with E-state index in [-0.39, 0.29) is 5.91 Å². The average Bonchev–Trinajstić information content (AvgIpc) is 2.73. The Morgan fingerprint density at radius 3 is 3.19 bits per heavy atom. The van der Waals surface area contributed by atoms with Crippen molar-refractivity contribution >= 4 is 11.6 Å². The topological polar surface area (TPSA) is 58.4 Å². The first-order chi connectivity index (χ1) is 7.81. The van der Waals surface area contributed by atoms with E-state index >= 15 is 0 Å². The maximum Gasteiger partial charge on any atom is 0.233 e. The van der Waals surface area contributed by atoms with Gasteiger partial charge in [-0.15, -0.1) is 0 Å². The number of hydrogen-bond acceptors (Lipinski definition) is 3. The molecule has 0 fully saturated rings. The number of carbonyl (C=O) groups excluding carboxylic acids is 1. The lowest BCUT2D eigenvalue weighted by Gasteiger charge is -2.03. The van der Waals surface area contributed by atoms with E-state index in [0.717, 1.165) is 11.3 Å². The van der Waals surface area contributed by atoms with Crippen molar-refractivity contribution in [2.24, 2.45) is 0 Å². The van der Waals surface area contributed by atoms with Gasteiger partial charge in [0, 0.05) is 19.8 Å². The van der Waals surface area contributed by atoms with Crippen LogP contribution in [0.4, 0.5) is 0 Å². The van der Waals surface area contributed by atoms with Crippen LogP contribution in [0.2, 0.25) is 0 Å². The molecule has 0 saturated carbocycles. The highest BCUT2D eigenvalue weighted by Crippen LogP contribution is 2.05. The molecule has 0 spiro atoms. The van der Waals surface area contributed by atoms with Crippen LogP contribution in [0.15, 0.2) is 30.6 Å². The number of imidazole rings is 1. The average molecular weight is 218 g/mol. The number of nitrogens with zero attached hydrogens (tertiary/aromatic N) is 2. The van der Waals surface area contributed by atoms with Gasteiger partial charge in [0.05, 0.1) is 18.4 Å². The van der Waals surface area contributed by atoms with Gasteiger partial charge in [0.1, 0.15) is 5.65 Å². The SMILES string of the molecule is CNC(=O)CNCc1cnc2ccccn12. The molecule has 0 aliphatic heterocycles. The number of pyridine rings is 1. The van der Waals surface area contributed by atoms with Gasteiger partial charge in [-0.3, -0.25) is 4.79 Å². The lowest BCUT2D eigenvalue weighted by atomic mass is 10.4. The molecular formula is C11H14N4O. The second-order valence-corrected chi connectivity index (χ2v) is 3.46. The van der Waals surface area contributed by atoms with E-state index < -0.39 is 0 Å². The molecule has 0 atom stereocenters. The van der Waals surface area contributed by atoms with Crippen molar-refractivity contribution in [3.8, 4) is 0 Å². The van der Waals surface area contributed by atoms with E-state index in [1.165, 1.54) is 0 Å². The largest absolute Gasteiger partial charge is 0.358 e. The summed E-state index contributed by atoms with van der Waals surface area (Å²) in [6.45, 7) is 0.940. The minimum absolute atomic E-state index is 0.0196. The summed E-state index contributed by atoms with van der Waals surface area (Å²) in [5.41, 5.74) is 1.96. The lowest BCUT2D eigenvalue weighted by molar-refractivity contribution is -0.119. The molecule has 0 aliphatic carbocycles. The minimum atomic E-state index is -0.0196. The Labute approximate surface area is 93.5 Å². The van der Waals surface area contributed by atoms with Gasteiger partial charge in [-0.2, -0.15) is 0 Å². The Bertz CT molecular complexity index is 491. The smallest absolute Gasteiger partial charge is 0.233 e. The van der Waals surface area contributed by atoms with Crippen molar-refractivity contribution in [3.63, 3.8) is 0 Å². The molecule has 5 heteroatoms. The summed E-state index contributed by atoms with van der Waals surface area (Å²) in [5.74, 6) is -0.0196. The van der Waals surface area contributed by atoms with Crippen molar-refractivity contribution in [2.75, 3.05) is 13.6 Å². The third-order valence-electron chi connectivity index (χ3n) is 2.36. The number of nitrogens with one attached hydrogen (secondary N) is 2. The third kappa shape index (κ3) is 2.20. The molecule has 2 aromatic rings. The number of likely N-dealkylation sites (N-methyl/N-ethyl adjacent to an activating group) is 1. The number of aromatic nitrogens is 2. The molecule has 1 amide bonds. The van der Waals surface area contributed by atoms with Crippen LogP contribution in [0.5, 0.6) is 0 Å². The number of hydrogen-bond donors (Lipinski definition) is 2. The standard InChI is InChI=1S/C11H14N4O/c1-12-11(16)8-13-6-9-7-14-10-4-2-3-5-15(9)10/h2-5,7,13H,6,8H2,1H3,(H,12,16). The first-order valence-corrected chi connectivity index (χ1v) is 5.13. The summed E-state index contributed by atoms with van der Waals surface area (Å²) < 4.78 is 2.00. The van der Waals surface area contributed by atoms with Crippen molar-refractivity contribution < 1.29 is 4.79 Å². The van der Waals surface area contributed by atoms with Crippen LogP contribution in [-0.4, -0.2) is 28.9 Å². The monoisotopic (exact) mass is 218 g/mol. The lowest BCUT2D eigenvalue weighted by Crippen LogP contribution is -2.31. The van der Waals surface area contributed by atoms with Crippen molar-refractivity contribution in [2.45, 2.75) is 6.54 Å². The third-order valence-corrected chi connectivity index (χ3v) is 2.36. The number of rotatable bonds is 4. The maximum absolute atomic E-state index is 11.0. The first-order valence-electron chi connectivity index (χ1n) is 5.13. The van der Waals surface area contributed by atoms with E-state index in [1.54, 1.807) is 7.05 Å². The highest BCUT2D eigenvalue weighted by molar-refractivity contribution is 5.77. The fourth-order valence-corrected chi connectivity index (χ4v) is 1.51. The molecule has 0 saturated heterocycles. The van der Waals surface area contributed by atoms with Gasteiger partial charge >= 0.3 is 0 Å². The van der Waals surface area contributed by atoms with E-state index in [4.69, 9.17) is 0 Å². The zero-order valence-electron chi connectivity index (χ0n) is 9.10. The molecule has 0 aliphatic rings. The van der Waals surface area contributed by atoms with Crippen LogP contribution in [0.25, 0.3) is 5.65 Å². The molecule has 2 heterocycles. The molecule has 2 N–H and O–H groups in total. The maximum atomic E-state index is 11.0. The highest BCUT2D eigenvalue weighted by atomic mass is 16.1. The second kappa shape index (κ2) is 4.76. The minimum Gasteiger partial charge on any atom is -0.358 e. The van der Waals surface area contributed by atoms with Crippen LogP contribution in [-0.2, 0) is 11.3 Å². The predicted octanol–water partition coefficient (Wildman–Crippen LogP) is 0.170. The van der Waals surface area contributed by atoms with Gasteiger partial charge in [-0.25, -0.2) is 4.98 Å². The molecule has 0 aromatic carbocycles. The van der Waals surface area contributed by atoms with E-state index in [2.05, 4.69) is 15.6 Å². The van der Waals surface area contributed by atoms with Crippen LogP contribution in [0, 0.1) is 0 Å². The van der Waals surface area contributed by atoms with Crippen molar-refractivity contribution in [3.05, 3.63) is 36.3 Å². The van der Waals surface area contributed by atoms with Gasteiger partial charge in [-0.05, 0) is 12.1 Å². The Hall–Kier alpha value is -1.88. The Morgan fingerprint density at radius 2 is 2.38 bits per heavy atom. The summed E-state index contributed by atoms with van der Waals surface area (Å²) >= 11 is 0. The molecule has 0 bridgehead atoms. The van der Waals surface area contributed by atoms with Gasteiger partial charge in [0.25, 0.3) is 0 Å². The van der Waals surface area contributed by atoms with Crippen molar-refractivity contribution in [1.82, 2.24) is 20.0 Å². The van der Waals surface area contributed by atoms with Gasteiger partial charge < -0.3 is 15.0 Å². The van der Waals surface area contributed by atoms with Gasteiger partial charge in [0.2, 0.25) is 5.91 Å². The zero-order chi connectivity index (χ0) is 11.4. The summed E-state index contributed by atoms with van der Waals surface area (Å²) in [4.78, 5) is 15.3. The van der Waals surface area contributed by atoms with Crippen LogP contribution >= 0.6 is 0 Å². The van der Waals surface area contributed by atoms with Crippen LogP contribution in [0.1, 0.15) is 5.69 Å². The second-order valence-electron chi connectivity index (χ2n) is 3.46. The normalized spacial score (nSPS) is 10.6. The molecule has 0 unspecified atom stereocenters.